The van der Waals surface area contributed by atoms with E-state index in [9.17, 15) is 0 Å². The minimum atomic E-state index is 0.158. The van der Waals surface area contributed by atoms with Crippen LogP contribution in [0.1, 0.15) is 18.5 Å². The fourth-order valence-electron chi connectivity index (χ4n) is 2.63. The Bertz CT molecular complexity index is 406. The molecule has 2 N–H and O–H groups in total. The van der Waals surface area contributed by atoms with Crippen LogP contribution in [0, 0.1) is 6.92 Å². The smallest absolute Gasteiger partial charge is 0.148 e. The second-order valence-corrected chi connectivity index (χ2v) is 4.80. The van der Waals surface area contributed by atoms with Gasteiger partial charge in [0.05, 0.1) is 11.2 Å². The standard InChI is InChI=1S/C11H18N4O/c1-8-9-10(15(2)14-8)13-11(7-12-9)3-5-16-6-4-11/h12-13H,3-7H2,1-2H3. The molecule has 5 heteroatoms. The monoisotopic (exact) mass is 222 g/mol. The number of hydrogen-bond donors (Lipinski definition) is 2. The van der Waals surface area contributed by atoms with Crippen LogP contribution in [-0.4, -0.2) is 35.1 Å². The Morgan fingerprint density at radius 3 is 2.88 bits per heavy atom. The van der Waals surface area contributed by atoms with Crippen molar-refractivity contribution < 1.29 is 4.74 Å². The molecule has 2 aliphatic heterocycles. The van der Waals surface area contributed by atoms with E-state index in [4.69, 9.17) is 4.74 Å². The first-order valence-electron chi connectivity index (χ1n) is 5.84. The molecule has 1 aromatic heterocycles. The molecule has 0 atom stereocenters. The summed E-state index contributed by atoms with van der Waals surface area (Å²) in [5.74, 6) is 1.12. The Morgan fingerprint density at radius 2 is 2.12 bits per heavy atom. The van der Waals surface area contributed by atoms with Gasteiger partial charge in [-0.3, -0.25) is 4.68 Å². The highest BCUT2D eigenvalue weighted by molar-refractivity contribution is 5.71. The summed E-state index contributed by atoms with van der Waals surface area (Å²) < 4.78 is 7.35. The maximum atomic E-state index is 5.43. The predicted octanol–water partition coefficient (Wildman–Crippen LogP) is 1.12. The van der Waals surface area contributed by atoms with Gasteiger partial charge in [0, 0.05) is 26.8 Å². The Kier molecular flexibility index (Phi) is 2.10. The highest BCUT2D eigenvalue weighted by Gasteiger charge is 2.37. The fourth-order valence-corrected chi connectivity index (χ4v) is 2.63. The molecule has 0 saturated carbocycles. The van der Waals surface area contributed by atoms with Crippen LogP contribution >= 0.6 is 0 Å². The molecule has 3 heterocycles. The maximum absolute atomic E-state index is 5.43. The van der Waals surface area contributed by atoms with Crippen LogP contribution in [0.4, 0.5) is 11.5 Å². The predicted molar refractivity (Wildman–Crippen MR) is 62.8 cm³/mol. The van der Waals surface area contributed by atoms with Crippen molar-refractivity contribution in [2.24, 2.45) is 7.05 Å². The molecule has 1 saturated heterocycles. The van der Waals surface area contributed by atoms with Crippen LogP contribution in [0.15, 0.2) is 0 Å². The van der Waals surface area contributed by atoms with Crippen LogP contribution in [-0.2, 0) is 11.8 Å². The van der Waals surface area contributed by atoms with Gasteiger partial charge in [-0.25, -0.2) is 0 Å². The molecule has 0 unspecified atom stereocenters. The number of ether oxygens (including phenoxy) is 1. The minimum absolute atomic E-state index is 0.158. The van der Waals surface area contributed by atoms with E-state index in [2.05, 4.69) is 15.7 Å². The topological polar surface area (TPSA) is 51.1 Å². The van der Waals surface area contributed by atoms with E-state index < -0.39 is 0 Å². The minimum Gasteiger partial charge on any atom is -0.381 e. The second kappa shape index (κ2) is 3.38. The van der Waals surface area contributed by atoms with Gasteiger partial charge in [0.25, 0.3) is 0 Å². The second-order valence-electron chi connectivity index (χ2n) is 4.80. The third-order valence-corrected chi connectivity index (χ3v) is 3.66. The summed E-state index contributed by atoms with van der Waals surface area (Å²) in [6.45, 7) is 4.70. The molecular weight excluding hydrogens is 204 g/mol. The third kappa shape index (κ3) is 1.38. The van der Waals surface area contributed by atoms with E-state index in [1.165, 1.54) is 0 Å². The van der Waals surface area contributed by atoms with E-state index in [0.717, 1.165) is 49.8 Å². The van der Waals surface area contributed by atoms with Crippen LogP contribution in [0.5, 0.6) is 0 Å². The van der Waals surface area contributed by atoms with Crippen LogP contribution in [0.25, 0.3) is 0 Å². The summed E-state index contributed by atoms with van der Waals surface area (Å²) in [7, 11) is 1.98. The fraction of sp³-hybridized carbons (Fsp3) is 0.727. The number of aryl methyl sites for hydroxylation is 2. The van der Waals surface area contributed by atoms with Crippen molar-refractivity contribution in [3.8, 4) is 0 Å². The number of nitrogens with zero attached hydrogens (tertiary/aromatic N) is 2. The lowest BCUT2D eigenvalue weighted by Gasteiger charge is -2.42. The molecule has 0 amide bonds. The molecule has 3 rings (SSSR count). The van der Waals surface area contributed by atoms with Crippen LogP contribution in [0.3, 0.4) is 0 Å². The van der Waals surface area contributed by atoms with E-state index in [0.29, 0.717) is 0 Å². The summed E-state index contributed by atoms with van der Waals surface area (Å²) in [6, 6.07) is 0. The Labute approximate surface area is 95.2 Å². The number of hydrogen-bond acceptors (Lipinski definition) is 4. The summed E-state index contributed by atoms with van der Waals surface area (Å²) in [4.78, 5) is 0. The average Bonchev–Trinajstić information content (AvgIpc) is 2.55. The van der Waals surface area contributed by atoms with Gasteiger partial charge in [-0.1, -0.05) is 0 Å². The molecule has 0 aliphatic carbocycles. The van der Waals surface area contributed by atoms with E-state index >= 15 is 0 Å². The SMILES string of the molecule is Cc1nn(C)c2c1NCC1(CCOCC1)N2. The van der Waals surface area contributed by atoms with Gasteiger partial charge >= 0.3 is 0 Å². The third-order valence-electron chi connectivity index (χ3n) is 3.66. The number of rotatable bonds is 0. The lowest BCUT2D eigenvalue weighted by atomic mass is 9.88. The molecule has 0 radical (unpaired) electrons. The lowest BCUT2D eigenvalue weighted by molar-refractivity contribution is 0.0632. The zero-order valence-electron chi connectivity index (χ0n) is 9.84. The summed E-state index contributed by atoms with van der Waals surface area (Å²) in [5.41, 5.74) is 2.37. The summed E-state index contributed by atoms with van der Waals surface area (Å²) in [6.07, 6.45) is 2.12. The van der Waals surface area contributed by atoms with Crippen LogP contribution in [0.2, 0.25) is 0 Å². The zero-order valence-corrected chi connectivity index (χ0v) is 9.84. The highest BCUT2D eigenvalue weighted by Crippen LogP contribution is 2.36. The molecule has 2 aliphatic rings. The van der Waals surface area contributed by atoms with Gasteiger partial charge < -0.3 is 15.4 Å². The van der Waals surface area contributed by atoms with Crippen molar-refractivity contribution in [3.05, 3.63) is 5.69 Å². The average molecular weight is 222 g/mol. The molecule has 1 aromatic rings. The summed E-state index contributed by atoms with van der Waals surface area (Å²) in [5, 5.41) is 11.6. The number of anilines is 2. The molecule has 0 bridgehead atoms. The van der Waals surface area contributed by atoms with E-state index in [-0.39, 0.29) is 5.54 Å². The zero-order chi connectivity index (χ0) is 11.2. The molecule has 16 heavy (non-hydrogen) atoms. The van der Waals surface area contributed by atoms with Gasteiger partial charge in [-0.15, -0.1) is 0 Å². The van der Waals surface area contributed by atoms with Gasteiger partial charge in [-0.05, 0) is 19.8 Å². The Morgan fingerprint density at radius 1 is 1.38 bits per heavy atom. The van der Waals surface area contributed by atoms with Crippen molar-refractivity contribution >= 4 is 11.5 Å². The maximum Gasteiger partial charge on any atom is 0.148 e. The van der Waals surface area contributed by atoms with Gasteiger partial charge in [0.15, 0.2) is 0 Å². The largest absolute Gasteiger partial charge is 0.381 e. The highest BCUT2D eigenvalue weighted by atomic mass is 16.5. The first kappa shape index (κ1) is 9.96. The molecule has 0 aromatic carbocycles. The molecule has 88 valence electrons. The molecule has 5 nitrogen and oxygen atoms in total. The molecular formula is C11H18N4O. The number of aromatic nitrogens is 2. The van der Waals surface area contributed by atoms with Gasteiger partial charge in [0.2, 0.25) is 0 Å². The van der Waals surface area contributed by atoms with Crippen molar-refractivity contribution in [2.45, 2.75) is 25.3 Å². The first-order chi connectivity index (χ1) is 7.70. The van der Waals surface area contributed by atoms with Crippen molar-refractivity contribution in [1.82, 2.24) is 9.78 Å². The normalized spacial score (nSPS) is 22.4. The number of fused-ring (bicyclic) bond motifs is 1. The molecule has 1 fully saturated rings. The van der Waals surface area contributed by atoms with Gasteiger partial charge in [-0.2, -0.15) is 5.10 Å². The van der Waals surface area contributed by atoms with Crippen molar-refractivity contribution in [1.29, 1.82) is 0 Å². The van der Waals surface area contributed by atoms with Gasteiger partial charge in [0.1, 0.15) is 11.5 Å². The quantitative estimate of drug-likeness (QED) is 0.690. The number of nitrogens with one attached hydrogen (secondary N) is 2. The van der Waals surface area contributed by atoms with Crippen molar-refractivity contribution in [3.63, 3.8) is 0 Å². The lowest BCUT2D eigenvalue weighted by Crippen LogP contribution is -2.51. The summed E-state index contributed by atoms with van der Waals surface area (Å²) >= 11 is 0. The Hall–Kier alpha value is -1.23. The van der Waals surface area contributed by atoms with E-state index in [1.54, 1.807) is 0 Å². The van der Waals surface area contributed by atoms with Crippen LogP contribution < -0.4 is 10.6 Å². The van der Waals surface area contributed by atoms with E-state index in [1.807, 2.05) is 18.7 Å². The first-order valence-corrected chi connectivity index (χ1v) is 5.84. The Balaban J connectivity index is 1.93. The van der Waals surface area contributed by atoms with Crippen molar-refractivity contribution in [2.75, 3.05) is 30.4 Å². The molecule has 1 spiro atoms.